The summed E-state index contributed by atoms with van der Waals surface area (Å²) < 4.78 is 10.5. The van der Waals surface area contributed by atoms with Crippen molar-refractivity contribution in [1.82, 2.24) is 5.32 Å². The maximum atomic E-state index is 11.9. The Labute approximate surface area is 176 Å². The van der Waals surface area contributed by atoms with Crippen molar-refractivity contribution in [2.75, 3.05) is 32.7 Å². The highest BCUT2D eigenvalue weighted by molar-refractivity contribution is 5.99. The second-order valence-electron chi connectivity index (χ2n) is 6.50. The molecule has 0 saturated heterocycles. The van der Waals surface area contributed by atoms with Crippen LogP contribution in [0.4, 0.5) is 5.69 Å². The third-order valence-electron chi connectivity index (χ3n) is 4.20. The molecular weight excluding hydrogens is 386 g/mol. The number of anilines is 1. The van der Waals surface area contributed by atoms with Crippen LogP contribution in [-0.4, -0.2) is 44.9 Å². The summed E-state index contributed by atoms with van der Waals surface area (Å²) in [6, 6.07) is 12.8. The topological polar surface area (TPSA) is 98.3 Å². The number of hydrogen-bond acceptors (Lipinski definition) is 6. The van der Waals surface area contributed by atoms with E-state index >= 15 is 0 Å². The van der Waals surface area contributed by atoms with Crippen LogP contribution in [0.5, 0.6) is 11.5 Å². The number of nitrogens with one attached hydrogen (secondary N) is 2. The summed E-state index contributed by atoms with van der Waals surface area (Å²) in [5.41, 5.74) is 3.18. The van der Waals surface area contributed by atoms with Crippen LogP contribution >= 0.6 is 0 Å². The van der Waals surface area contributed by atoms with Crippen LogP contribution in [-0.2, 0) is 20.8 Å². The Kier molecular flexibility index (Phi) is 8.68. The molecule has 8 nitrogen and oxygen atoms in total. The van der Waals surface area contributed by atoms with Crippen LogP contribution in [0, 0.1) is 0 Å². The highest BCUT2D eigenvalue weighted by Crippen LogP contribution is 2.27. The van der Waals surface area contributed by atoms with Gasteiger partial charge in [-0.1, -0.05) is 23.4 Å². The third-order valence-corrected chi connectivity index (χ3v) is 4.20. The zero-order chi connectivity index (χ0) is 21.9. The van der Waals surface area contributed by atoms with Crippen LogP contribution in [0.15, 0.2) is 47.6 Å². The Balaban J connectivity index is 1.75. The van der Waals surface area contributed by atoms with Crippen molar-refractivity contribution in [2.24, 2.45) is 5.16 Å². The fourth-order valence-electron chi connectivity index (χ4n) is 2.67. The van der Waals surface area contributed by atoms with Gasteiger partial charge < -0.3 is 24.9 Å². The lowest BCUT2D eigenvalue weighted by Crippen LogP contribution is -2.29. The molecule has 0 unspecified atom stereocenters. The molecule has 0 aliphatic rings. The van der Waals surface area contributed by atoms with Gasteiger partial charge in [0.05, 0.1) is 19.9 Å². The number of carbonyl (C=O) groups excluding carboxylic acids is 2. The van der Waals surface area contributed by atoms with E-state index in [1.54, 1.807) is 33.3 Å². The second kappa shape index (κ2) is 11.5. The van der Waals surface area contributed by atoms with Crippen LogP contribution < -0.4 is 20.1 Å². The van der Waals surface area contributed by atoms with Gasteiger partial charge in [0.25, 0.3) is 5.91 Å². The molecule has 8 heteroatoms. The quantitative estimate of drug-likeness (QED) is 0.461. The van der Waals surface area contributed by atoms with Gasteiger partial charge in [0.2, 0.25) is 5.91 Å². The van der Waals surface area contributed by atoms with Gasteiger partial charge in [-0.15, -0.1) is 0 Å². The summed E-state index contributed by atoms with van der Waals surface area (Å²) in [5, 5.41) is 9.46. The highest BCUT2D eigenvalue weighted by Gasteiger charge is 2.06. The molecule has 0 bridgehead atoms. The van der Waals surface area contributed by atoms with E-state index in [1.165, 1.54) is 6.92 Å². The number of benzene rings is 2. The predicted octanol–water partition coefficient (Wildman–Crippen LogP) is 2.76. The first kappa shape index (κ1) is 22.7. The maximum absolute atomic E-state index is 11.9. The van der Waals surface area contributed by atoms with Crippen molar-refractivity contribution in [3.63, 3.8) is 0 Å². The number of ether oxygens (including phenoxy) is 2. The normalized spacial score (nSPS) is 10.9. The fraction of sp³-hybridized carbons (Fsp3) is 0.318. The van der Waals surface area contributed by atoms with Crippen LogP contribution in [0.3, 0.4) is 0 Å². The van der Waals surface area contributed by atoms with Crippen molar-refractivity contribution in [3.8, 4) is 11.5 Å². The number of carbonyl (C=O) groups is 2. The molecule has 0 aromatic heterocycles. The molecular formula is C22H27N3O5. The summed E-state index contributed by atoms with van der Waals surface area (Å²) in [7, 11) is 3.17. The molecule has 0 spiro atoms. The summed E-state index contributed by atoms with van der Waals surface area (Å²) in [5.74, 6) is 0.929. The molecule has 0 fully saturated rings. The second-order valence-corrected chi connectivity index (χ2v) is 6.50. The number of nitrogens with zero attached hydrogens (tertiary/aromatic N) is 1. The molecule has 30 heavy (non-hydrogen) atoms. The first-order valence-corrected chi connectivity index (χ1v) is 9.45. The van der Waals surface area contributed by atoms with E-state index < -0.39 is 0 Å². The van der Waals surface area contributed by atoms with Crippen molar-refractivity contribution in [2.45, 2.75) is 20.3 Å². The van der Waals surface area contributed by atoms with Gasteiger partial charge in [-0.3, -0.25) is 9.59 Å². The van der Waals surface area contributed by atoms with E-state index in [0.717, 1.165) is 11.1 Å². The van der Waals surface area contributed by atoms with Crippen molar-refractivity contribution in [1.29, 1.82) is 0 Å². The number of methoxy groups -OCH3 is 2. The Morgan fingerprint density at radius 1 is 0.967 bits per heavy atom. The average molecular weight is 413 g/mol. The van der Waals surface area contributed by atoms with Crippen LogP contribution in [0.1, 0.15) is 25.0 Å². The highest BCUT2D eigenvalue weighted by atomic mass is 16.6. The van der Waals surface area contributed by atoms with Gasteiger partial charge in [-0.2, -0.15) is 0 Å². The Bertz CT molecular complexity index is 894. The van der Waals surface area contributed by atoms with Gasteiger partial charge in [0.1, 0.15) is 0 Å². The zero-order valence-corrected chi connectivity index (χ0v) is 17.7. The molecule has 0 atom stereocenters. The molecule has 0 aliphatic carbocycles. The van der Waals surface area contributed by atoms with Gasteiger partial charge in [0, 0.05) is 19.2 Å². The Hall–Kier alpha value is -3.55. The molecule has 2 amide bonds. The summed E-state index contributed by atoms with van der Waals surface area (Å²) in [4.78, 5) is 28.1. The largest absolute Gasteiger partial charge is 0.493 e. The summed E-state index contributed by atoms with van der Waals surface area (Å²) in [6.07, 6.45) is 0.648. The molecule has 0 saturated carbocycles. The lowest BCUT2D eigenvalue weighted by Gasteiger charge is -2.10. The Morgan fingerprint density at radius 2 is 1.67 bits per heavy atom. The van der Waals surface area contributed by atoms with Crippen molar-refractivity contribution >= 4 is 23.2 Å². The molecule has 0 aliphatic heterocycles. The minimum absolute atomic E-state index is 0.131. The fourth-order valence-corrected chi connectivity index (χ4v) is 2.67. The van der Waals surface area contributed by atoms with E-state index in [2.05, 4.69) is 15.8 Å². The molecule has 2 aromatic carbocycles. The maximum Gasteiger partial charge on any atom is 0.260 e. The zero-order valence-electron chi connectivity index (χ0n) is 17.7. The van der Waals surface area contributed by atoms with E-state index in [9.17, 15) is 9.59 Å². The van der Waals surface area contributed by atoms with Crippen LogP contribution in [0.25, 0.3) is 0 Å². The first-order chi connectivity index (χ1) is 14.4. The smallest absolute Gasteiger partial charge is 0.260 e. The SMILES string of the molecule is COc1ccc(CCNC(=O)CO/N=C(\C)c2ccc(NC(C)=O)cc2)cc1OC. The molecule has 160 valence electrons. The monoisotopic (exact) mass is 413 g/mol. The van der Waals surface area contributed by atoms with E-state index in [1.807, 2.05) is 30.3 Å². The van der Waals surface area contributed by atoms with Crippen molar-refractivity contribution < 1.29 is 23.9 Å². The van der Waals surface area contributed by atoms with Gasteiger partial charge >= 0.3 is 0 Å². The van der Waals surface area contributed by atoms with E-state index in [-0.39, 0.29) is 18.4 Å². The molecule has 0 radical (unpaired) electrons. The van der Waals surface area contributed by atoms with Gasteiger partial charge in [-0.05, 0) is 48.7 Å². The average Bonchev–Trinajstić information content (AvgIpc) is 2.73. The number of hydrogen-bond donors (Lipinski definition) is 2. The third kappa shape index (κ3) is 7.12. The minimum Gasteiger partial charge on any atom is -0.493 e. The number of rotatable bonds is 10. The van der Waals surface area contributed by atoms with Crippen LogP contribution in [0.2, 0.25) is 0 Å². The number of oxime groups is 1. The number of amides is 2. The molecule has 2 rings (SSSR count). The molecule has 0 heterocycles. The standard InChI is InChI=1S/C22H27N3O5/c1-15(18-6-8-19(9-7-18)24-16(2)26)25-30-14-22(27)23-12-11-17-5-10-20(28-3)21(13-17)29-4/h5-10,13H,11-12,14H2,1-4H3,(H,23,27)(H,24,26)/b25-15+. The lowest BCUT2D eigenvalue weighted by molar-refractivity contribution is -0.125. The van der Waals surface area contributed by atoms with Gasteiger partial charge in [-0.25, -0.2) is 0 Å². The molecule has 2 N–H and O–H groups in total. The lowest BCUT2D eigenvalue weighted by atomic mass is 10.1. The molecule has 2 aromatic rings. The first-order valence-electron chi connectivity index (χ1n) is 9.45. The predicted molar refractivity (Wildman–Crippen MR) is 115 cm³/mol. The summed E-state index contributed by atoms with van der Waals surface area (Å²) in [6.45, 7) is 3.52. The Morgan fingerprint density at radius 3 is 2.30 bits per heavy atom. The van der Waals surface area contributed by atoms with Gasteiger partial charge in [0.15, 0.2) is 18.1 Å². The summed E-state index contributed by atoms with van der Waals surface area (Å²) >= 11 is 0. The van der Waals surface area contributed by atoms with Crippen molar-refractivity contribution in [3.05, 3.63) is 53.6 Å². The van der Waals surface area contributed by atoms with E-state index in [4.69, 9.17) is 14.3 Å². The minimum atomic E-state index is -0.256. The van der Waals surface area contributed by atoms with E-state index in [0.29, 0.717) is 35.9 Å².